The average Bonchev–Trinajstić information content (AvgIpc) is 2.94. The van der Waals surface area contributed by atoms with Gasteiger partial charge in [0.1, 0.15) is 0 Å². The molecule has 2 aliphatic heterocycles. The van der Waals surface area contributed by atoms with Crippen LogP contribution < -0.4 is 0 Å². The molecule has 0 radical (unpaired) electrons. The molecule has 8 heteroatoms. The van der Waals surface area contributed by atoms with E-state index in [0.29, 0.717) is 19.6 Å². The monoisotopic (exact) mass is 351 g/mol. The third-order valence-electron chi connectivity index (χ3n) is 4.62. The Bertz CT molecular complexity index is 727. The van der Waals surface area contributed by atoms with E-state index < -0.39 is 10.0 Å². The van der Waals surface area contributed by atoms with Gasteiger partial charge in [0, 0.05) is 46.2 Å². The highest BCUT2D eigenvalue weighted by atomic mass is 32.2. The quantitative estimate of drug-likeness (QED) is 0.768. The first kappa shape index (κ1) is 16.9. The fraction of sp³-hybridized carbons (Fsp3) is 0.500. The van der Waals surface area contributed by atoms with Gasteiger partial charge < -0.3 is 9.80 Å². The van der Waals surface area contributed by atoms with Gasteiger partial charge in [0.2, 0.25) is 21.8 Å². The lowest BCUT2D eigenvalue weighted by Gasteiger charge is -2.35. The molecule has 24 heavy (non-hydrogen) atoms. The summed E-state index contributed by atoms with van der Waals surface area (Å²) in [7, 11) is -1.82. The summed E-state index contributed by atoms with van der Waals surface area (Å²) >= 11 is 0. The SMILES string of the molecule is CN1CC(C(=O)N2CCN(S(=O)(=O)c3ccccc3)CC2)CC1=O. The van der Waals surface area contributed by atoms with Crippen LogP contribution >= 0.6 is 0 Å². The van der Waals surface area contributed by atoms with Crippen molar-refractivity contribution < 1.29 is 18.0 Å². The minimum atomic E-state index is -3.51. The van der Waals surface area contributed by atoms with Gasteiger partial charge in [-0.05, 0) is 12.1 Å². The zero-order chi connectivity index (χ0) is 17.3. The minimum Gasteiger partial charge on any atom is -0.345 e. The molecule has 0 bridgehead atoms. The lowest BCUT2D eigenvalue weighted by Crippen LogP contribution is -2.52. The number of benzene rings is 1. The van der Waals surface area contributed by atoms with Crippen LogP contribution in [0.5, 0.6) is 0 Å². The average molecular weight is 351 g/mol. The minimum absolute atomic E-state index is 0.0151. The summed E-state index contributed by atoms with van der Waals surface area (Å²) in [4.78, 5) is 27.6. The van der Waals surface area contributed by atoms with Gasteiger partial charge in [-0.2, -0.15) is 4.31 Å². The summed E-state index contributed by atoms with van der Waals surface area (Å²) in [5.41, 5.74) is 0. The van der Waals surface area contributed by atoms with Crippen LogP contribution in [0, 0.1) is 5.92 Å². The summed E-state index contributed by atoms with van der Waals surface area (Å²) in [6.07, 6.45) is 0.248. The molecule has 2 heterocycles. The van der Waals surface area contributed by atoms with Crippen molar-refractivity contribution in [2.75, 3.05) is 39.8 Å². The van der Waals surface area contributed by atoms with E-state index in [4.69, 9.17) is 0 Å². The highest BCUT2D eigenvalue weighted by molar-refractivity contribution is 7.89. The predicted octanol–water partition coefficient (Wildman–Crippen LogP) is -0.00220. The summed E-state index contributed by atoms with van der Waals surface area (Å²) in [6.45, 7) is 1.72. The Morgan fingerprint density at radius 1 is 1.08 bits per heavy atom. The Hall–Kier alpha value is -1.93. The van der Waals surface area contributed by atoms with E-state index in [0.717, 1.165) is 0 Å². The first-order chi connectivity index (χ1) is 11.4. The van der Waals surface area contributed by atoms with Crippen molar-refractivity contribution in [3.63, 3.8) is 0 Å². The zero-order valence-electron chi connectivity index (χ0n) is 13.6. The summed E-state index contributed by atoms with van der Waals surface area (Å²) in [5.74, 6) is -0.372. The van der Waals surface area contributed by atoms with Crippen molar-refractivity contribution in [2.24, 2.45) is 5.92 Å². The molecule has 1 aromatic rings. The van der Waals surface area contributed by atoms with Gasteiger partial charge in [0.05, 0.1) is 10.8 Å². The number of sulfonamides is 1. The van der Waals surface area contributed by atoms with Crippen molar-refractivity contribution in [1.29, 1.82) is 0 Å². The van der Waals surface area contributed by atoms with E-state index in [1.807, 2.05) is 0 Å². The number of hydrogen-bond acceptors (Lipinski definition) is 4. The van der Waals surface area contributed by atoms with E-state index in [-0.39, 0.29) is 42.1 Å². The number of amides is 2. The van der Waals surface area contributed by atoms with Gasteiger partial charge in [-0.25, -0.2) is 8.42 Å². The first-order valence-corrected chi connectivity index (χ1v) is 9.41. The van der Waals surface area contributed by atoms with Crippen LogP contribution in [0.15, 0.2) is 35.2 Å². The molecule has 1 aromatic carbocycles. The van der Waals surface area contributed by atoms with Crippen LogP contribution in [0.3, 0.4) is 0 Å². The van der Waals surface area contributed by atoms with Gasteiger partial charge in [-0.15, -0.1) is 0 Å². The van der Waals surface area contributed by atoms with Crippen molar-refractivity contribution in [2.45, 2.75) is 11.3 Å². The number of carbonyl (C=O) groups excluding carboxylic acids is 2. The zero-order valence-corrected chi connectivity index (χ0v) is 14.4. The molecular weight excluding hydrogens is 330 g/mol. The third-order valence-corrected chi connectivity index (χ3v) is 6.53. The topological polar surface area (TPSA) is 78.0 Å². The van der Waals surface area contributed by atoms with E-state index in [1.54, 1.807) is 47.2 Å². The third kappa shape index (κ3) is 3.16. The second-order valence-corrected chi connectivity index (χ2v) is 8.16. The number of nitrogens with zero attached hydrogens (tertiary/aromatic N) is 3. The molecule has 0 spiro atoms. The molecule has 7 nitrogen and oxygen atoms in total. The molecule has 1 atom stereocenters. The van der Waals surface area contributed by atoms with Gasteiger partial charge in [0.25, 0.3) is 0 Å². The maximum atomic E-state index is 12.6. The number of hydrogen-bond donors (Lipinski definition) is 0. The number of likely N-dealkylation sites (tertiary alicyclic amines) is 1. The Labute approximate surface area is 141 Å². The Balaban J connectivity index is 1.62. The molecule has 0 N–H and O–H groups in total. The van der Waals surface area contributed by atoms with Crippen LogP contribution in [0.4, 0.5) is 0 Å². The second kappa shape index (κ2) is 6.52. The molecule has 2 aliphatic rings. The Morgan fingerprint density at radius 2 is 1.71 bits per heavy atom. The summed E-state index contributed by atoms with van der Waals surface area (Å²) < 4.78 is 26.6. The van der Waals surface area contributed by atoms with Crippen molar-refractivity contribution in [1.82, 2.24) is 14.1 Å². The fourth-order valence-corrected chi connectivity index (χ4v) is 4.62. The van der Waals surface area contributed by atoms with Crippen molar-refractivity contribution >= 4 is 21.8 Å². The Morgan fingerprint density at radius 3 is 2.25 bits per heavy atom. The number of carbonyl (C=O) groups is 2. The highest BCUT2D eigenvalue weighted by Crippen LogP contribution is 2.21. The maximum absolute atomic E-state index is 12.6. The molecule has 0 aromatic heterocycles. The Kier molecular flexibility index (Phi) is 4.60. The summed E-state index contributed by atoms with van der Waals surface area (Å²) in [6, 6.07) is 8.32. The molecule has 1 unspecified atom stereocenters. The molecule has 2 saturated heterocycles. The fourth-order valence-electron chi connectivity index (χ4n) is 3.18. The molecule has 0 saturated carbocycles. The molecule has 0 aliphatic carbocycles. The summed E-state index contributed by atoms with van der Waals surface area (Å²) in [5, 5.41) is 0. The molecule has 130 valence electrons. The van der Waals surface area contributed by atoms with E-state index in [1.165, 1.54) is 4.31 Å². The smallest absolute Gasteiger partial charge is 0.243 e. The van der Waals surface area contributed by atoms with Gasteiger partial charge in [0.15, 0.2) is 0 Å². The molecule has 2 amide bonds. The largest absolute Gasteiger partial charge is 0.345 e. The van der Waals surface area contributed by atoms with Crippen LogP contribution in [-0.2, 0) is 19.6 Å². The number of rotatable bonds is 3. The van der Waals surface area contributed by atoms with Crippen LogP contribution in [0.2, 0.25) is 0 Å². The molecule has 3 rings (SSSR count). The van der Waals surface area contributed by atoms with Crippen LogP contribution in [0.25, 0.3) is 0 Å². The van der Waals surface area contributed by atoms with E-state index >= 15 is 0 Å². The standard InChI is InChI=1S/C16H21N3O4S/c1-17-12-13(11-15(17)20)16(21)18-7-9-19(10-8-18)24(22,23)14-5-3-2-4-6-14/h2-6,13H,7-12H2,1H3. The van der Waals surface area contributed by atoms with E-state index in [9.17, 15) is 18.0 Å². The molecule has 2 fully saturated rings. The number of piperazine rings is 1. The van der Waals surface area contributed by atoms with Crippen molar-refractivity contribution in [3.8, 4) is 0 Å². The van der Waals surface area contributed by atoms with Crippen LogP contribution in [-0.4, -0.2) is 74.1 Å². The highest BCUT2D eigenvalue weighted by Gasteiger charge is 2.37. The maximum Gasteiger partial charge on any atom is 0.243 e. The molecular formula is C16H21N3O4S. The van der Waals surface area contributed by atoms with E-state index in [2.05, 4.69) is 0 Å². The normalized spacial score (nSPS) is 22.9. The van der Waals surface area contributed by atoms with Gasteiger partial charge in [-0.3, -0.25) is 9.59 Å². The lowest BCUT2D eigenvalue weighted by molar-refractivity contribution is -0.137. The van der Waals surface area contributed by atoms with Crippen LogP contribution in [0.1, 0.15) is 6.42 Å². The van der Waals surface area contributed by atoms with Crippen molar-refractivity contribution in [3.05, 3.63) is 30.3 Å². The second-order valence-electron chi connectivity index (χ2n) is 6.22. The predicted molar refractivity (Wildman–Crippen MR) is 87.5 cm³/mol. The first-order valence-electron chi connectivity index (χ1n) is 7.97. The van der Waals surface area contributed by atoms with Gasteiger partial charge >= 0.3 is 0 Å². The van der Waals surface area contributed by atoms with Gasteiger partial charge in [-0.1, -0.05) is 18.2 Å². The lowest BCUT2D eigenvalue weighted by atomic mass is 10.1.